The summed E-state index contributed by atoms with van der Waals surface area (Å²) in [5.41, 5.74) is 13.1. The molecular formula is C59H38S. The Morgan fingerprint density at radius 1 is 0.350 bits per heavy atom. The number of hydrogen-bond acceptors (Lipinski definition) is 1. The van der Waals surface area contributed by atoms with E-state index in [-0.39, 0.29) is 5.41 Å². The van der Waals surface area contributed by atoms with E-state index in [0.29, 0.717) is 0 Å². The van der Waals surface area contributed by atoms with Crippen LogP contribution in [0.25, 0.3) is 119 Å². The largest absolute Gasteiger partial charge is 0.135 e. The molecule has 0 aliphatic heterocycles. The van der Waals surface area contributed by atoms with E-state index in [4.69, 9.17) is 0 Å². The molecule has 1 heteroatoms. The molecule has 60 heavy (non-hydrogen) atoms. The van der Waals surface area contributed by atoms with Crippen molar-refractivity contribution in [1.29, 1.82) is 0 Å². The molecule has 1 aromatic heterocycles. The van der Waals surface area contributed by atoms with Gasteiger partial charge in [-0.3, -0.25) is 0 Å². The normalized spacial score (nSPS) is 13.3. The van der Waals surface area contributed by atoms with Crippen molar-refractivity contribution in [2.45, 2.75) is 19.3 Å². The molecular weight excluding hydrogens is 741 g/mol. The molecule has 12 aromatic rings. The fourth-order valence-corrected chi connectivity index (χ4v) is 12.3. The van der Waals surface area contributed by atoms with Gasteiger partial charge in [-0.15, -0.1) is 11.3 Å². The van der Waals surface area contributed by atoms with Crippen molar-refractivity contribution in [3.63, 3.8) is 0 Å². The van der Waals surface area contributed by atoms with Crippen LogP contribution in [0.2, 0.25) is 0 Å². The molecule has 0 amide bonds. The van der Waals surface area contributed by atoms with Crippen LogP contribution in [0.4, 0.5) is 0 Å². The number of benzene rings is 11. The number of fused-ring (bicyclic) bond motifs is 13. The molecule has 1 aliphatic rings. The zero-order valence-electron chi connectivity index (χ0n) is 33.4. The monoisotopic (exact) mass is 778 g/mol. The zero-order chi connectivity index (χ0) is 39.7. The van der Waals surface area contributed by atoms with Crippen LogP contribution in [0.1, 0.15) is 25.0 Å². The van der Waals surface area contributed by atoms with Crippen LogP contribution >= 0.6 is 11.3 Å². The molecule has 0 saturated carbocycles. The first-order chi connectivity index (χ1) is 29.5. The third-order valence-corrected chi connectivity index (χ3v) is 14.8. The third kappa shape index (κ3) is 4.61. The lowest BCUT2D eigenvalue weighted by Crippen LogP contribution is -2.15. The highest BCUT2D eigenvalue weighted by Gasteiger charge is 2.38. The minimum Gasteiger partial charge on any atom is -0.135 e. The fourth-order valence-electron chi connectivity index (χ4n) is 11.0. The summed E-state index contributed by atoms with van der Waals surface area (Å²) >= 11 is 1.94. The molecule has 11 aromatic carbocycles. The number of thiophene rings is 1. The lowest BCUT2D eigenvalue weighted by molar-refractivity contribution is 0.667. The minimum atomic E-state index is -0.139. The van der Waals surface area contributed by atoms with E-state index in [0.717, 1.165) is 0 Å². The smallest absolute Gasteiger partial charge is 0.0437 e. The molecule has 0 atom stereocenters. The number of rotatable bonds is 3. The van der Waals surface area contributed by atoms with Crippen molar-refractivity contribution in [2.75, 3.05) is 0 Å². The van der Waals surface area contributed by atoms with E-state index in [1.54, 1.807) is 0 Å². The Hall–Kier alpha value is -7.06. The maximum atomic E-state index is 2.48. The Labute approximate surface area is 352 Å². The summed E-state index contributed by atoms with van der Waals surface area (Å²) in [7, 11) is 0. The first kappa shape index (κ1) is 33.9. The molecule has 1 aliphatic carbocycles. The summed E-state index contributed by atoms with van der Waals surface area (Å²) in [5.74, 6) is 0. The van der Waals surface area contributed by atoms with Gasteiger partial charge in [0.05, 0.1) is 0 Å². The first-order valence-corrected chi connectivity index (χ1v) is 21.8. The molecule has 0 spiro atoms. The standard InChI is InChI=1S/C59H38S/c1-59(2)52-33-28-37(34-51(52)49-29-26-36-27-30-50-42-19-11-12-25-53(42)60-58(50)54(36)57(49)59)39-31-32-48(41-18-6-5-17-40(39)41)56-46-22-9-7-20-44(46)55(45-21-8-10-23-47(45)56)43-24-13-15-35-14-3-4-16-38(35)43/h3-34H,1-2H3. The van der Waals surface area contributed by atoms with Crippen LogP contribution in [0.3, 0.4) is 0 Å². The maximum Gasteiger partial charge on any atom is 0.0437 e. The highest BCUT2D eigenvalue weighted by Crippen LogP contribution is 2.55. The van der Waals surface area contributed by atoms with Crippen molar-refractivity contribution in [2.24, 2.45) is 0 Å². The molecule has 0 saturated heterocycles. The molecule has 0 fully saturated rings. The quantitative estimate of drug-likeness (QED) is 0.157. The summed E-state index contributed by atoms with van der Waals surface area (Å²) in [4.78, 5) is 0. The van der Waals surface area contributed by atoms with Gasteiger partial charge in [0.1, 0.15) is 0 Å². The van der Waals surface area contributed by atoms with Gasteiger partial charge >= 0.3 is 0 Å². The highest BCUT2D eigenvalue weighted by molar-refractivity contribution is 7.26. The van der Waals surface area contributed by atoms with Gasteiger partial charge in [-0.2, -0.15) is 0 Å². The van der Waals surface area contributed by atoms with Crippen LogP contribution in [0.5, 0.6) is 0 Å². The van der Waals surface area contributed by atoms with Gasteiger partial charge in [0.15, 0.2) is 0 Å². The molecule has 0 radical (unpaired) electrons. The van der Waals surface area contributed by atoms with Crippen LogP contribution in [0.15, 0.2) is 194 Å². The predicted molar refractivity (Wildman–Crippen MR) is 261 cm³/mol. The van der Waals surface area contributed by atoms with Crippen molar-refractivity contribution >= 4 is 85.4 Å². The summed E-state index contributed by atoms with van der Waals surface area (Å²) in [6.45, 7) is 4.85. The summed E-state index contributed by atoms with van der Waals surface area (Å²) in [6, 6.07) is 72.9. The van der Waals surface area contributed by atoms with Crippen LogP contribution < -0.4 is 0 Å². The van der Waals surface area contributed by atoms with E-state index in [1.165, 1.54) is 130 Å². The molecule has 280 valence electrons. The molecule has 0 unspecified atom stereocenters. The Morgan fingerprint density at radius 3 is 1.60 bits per heavy atom. The van der Waals surface area contributed by atoms with Crippen LogP contribution in [0, 0.1) is 0 Å². The summed E-state index contributed by atoms with van der Waals surface area (Å²) in [5, 5.41) is 15.6. The van der Waals surface area contributed by atoms with Crippen LogP contribution in [-0.2, 0) is 5.41 Å². The Bertz CT molecular complexity index is 3740. The molecule has 0 bridgehead atoms. The van der Waals surface area contributed by atoms with E-state index in [2.05, 4.69) is 208 Å². The molecule has 1 heterocycles. The van der Waals surface area contributed by atoms with Crippen molar-refractivity contribution in [3.05, 3.63) is 205 Å². The Morgan fingerprint density at radius 2 is 0.883 bits per heavy atom. The molecule has 13 rings (SSSR count). The van der Waals surface area contributed by atoms with Crippen molar-refractivity contribution in [3.8, 4) is 44.5 Å². The lowest BCUT2D eigenvalue weighted by atomic mass is 9.79. The predicted octanol–water partition coefficient (Wildman–Crippen LogP) is 17.1. The van der Waals surface area contributed by atoms with Gasteiger partial charge in [0.2, 0.25) is 0 Å². The SMILES string of the molecule is CC1(C)c2ccc(-c3ccc(-c4c5ccccc5c(-c5cccc6ccccc56)c5ccccc45)c4ccccc34)cc2-c2ccc3ccc4c5ccccc5sc4c3c21. The topological polar surface area (TPSA) is 0 Å². The Kier molecular flexibility index (Phi) is 7.04. The minimum absolute atomic E-state index is 0.139. The van der Waals surface area contributed by atoms with Crippen molar-refractivity contribution in [1.82, 2.24) is 0 Å². The highest BCUT2D eigenvalue weighted by atomic mass is 32.1. The lowest BCUT2D eigenvalue weighted by Gasteiger charge is -2.23. The first-order valence-electron chi connectivity index (χ1n) is 21.0. The van der Waals surface area contributed by atoms with Gasteiger partial charge in [-0.25, -0.2) is 0 Å². The summed E-state index contributed by atoms with van der Waals surface area (Å²) < 4.78 is 2.75. The summed E-state index contributed by atoms with van der Waals surface area (Å²) in [6.07, 6.45) is 0. The zero-order valence-corrected chi connectivity index (χ0v) is 34.2. The Balaban J connectivity index is 1.02. The van der Waals surface area contributed by atoms with E-state index < -0.39 is 0 Å². The van der Waals surface area contributed by atoms with Crippen molar-refractivity contribution < 1.29 is 0 Å². The third-order valence-electron chi connectivity index (χ3n) is 13.6. The van der Waals surface area contributed by atoms with Crippen LogP contribution in [-0.4, -0.2) is 0 Å². The van der Waals surface area contributed by atoms with Gasteiger partial charge in [-0.1, -0.05) is 196 Å². The second-order valence-corrected chi connectivity index (χ2v) is 18.1. The molecule has 0 nitrogen and oxygen atoms in total. The van der Waals surface area contributed by atoms with Gasteiger partial charge < -0.3 is 0 Å². The van der Waals surface area contributed by atoms with E-state index in [1.807, 2.05) is 11.3 Å². The van der Waals surface area contributed by atoms with Gasteiger partial charge in [0.25, 0.3) is 0 Å². The number of hydrogen-bond donors (Lipinski definition) is 0. The fraction of sp³-hybridized carbons (Fsp3) is 0.0508. The van der Waals surface area contributed by atoms with E-state index >= 15 is 0 Å². The van der Waals surface area contributed by atoms with Gasteiger partial charge in [0, 0.05) is 31.0 Å². The second-order valence-electron chi connectivity index (χ2n) is 17.1. The van der Waals surface area contributed by atoms with E-state index in [9.17, 15) is 0 Å². The van der Waals surface area contributed by atoms with Gasteiger partial charge in [-0.05, 0) is 116 Å². The molecule has 0 N–H and O–H groups in total. The average molecular weight is 779 g/mol. The second kappa shape index (κ2) is 12.5. The maximum absolute atomic E-state index is 2.48. The average Bonchev–Trinajstić information content (AvgIpc) is 3.79.